The Morgan fingerprint density at radius 1 is 0.906 bits per heavy atom. The standard InChI is InChI=1S/C43H57N3O7/c1-29-38(27-46-25-11-14-37(46)41(50)53-43(3,4)5)51-42(52-40(29)33-18-16-31(28-47)17-19-33)34-22-20-32(21-23-34)36-13-9-8-12-35(36)26-45-39(49)15-7-6-10-24-44-30(2)48/h8-9,12-13,16-23,29,37-38,40,42,47H,6-7,10-11,14-15,24-28H2,1-5H3,(H,44,48)(H,45,49)/t29-,37-,38+,40+,42+/m0/s1. The molecule has 2 aliphatic heterocycles. The molecule has 0 bridgehead atoms. The number of ether oxygens (including phenoxy) is 3. The first-order valence-electron chi connectivity index (χ1n) is 19.1. The van der Waals surface area contributed by atoms with Crippen molar-refractivity contribution in [3.63, 3.8) is 0 Å². The van der Waals surface area contributed by atoms with Crippen molar-refractivity contribution in [2.75, 3.05) is 19.6 Å². The monoisotopic (exact) mass is 727 g/mol. The molecular formula is C43H57N3O7. The van der Waals surface area contributed by atoms with Crippen LogP contribution in [0.3, 0.4) is 0 Å². The van der Waals surface area contributed by atoms with Crippen LogP contribution in [-0.4, -0.2) is 65.2 Å². The van der Waals surface area contributed by atoms with E-state index in [1.807, 2.05) is 75.4 Å². The summed E-state index contributed by atoms with van der Waals surface area (Å²) in [7, 11) is 0. The van der Waals surface area contributed by atoms with Crippen molar-refractivity contribution in [3.05, 3.63) is 95.1 Å². The number of rotatable bonds is 15. The average Bonchev–Trinajstić information content (AvgIpc) is 3.61. The highest BCUT2D eigenvalue weighted by Crippen LogP contribution is 2.43. The molecule has 5 rings (SSSR count). The summed E-state index contributed by atoms with van der Waals surface area (Å²) in [4.78, 5) is 39.0. The summed E-state index contributed by atoms with van der Waals surface area (Å²) in [5.41, 5.74) is 5.26. The third kappa shape index (κ3) is 11.5. The Bertz CT molecular complexity index is 1650. The molecule has 2 fully saturated rings. The topological polar surface area (TPSA) is 126 Å². The molecule has 3 aromatic carbocycles. The maximum atomic E-state index is 13.2. The number of aliphatic hydroxyl groups is 1. The van der Waals surface area contributed by atoms with Crippen molar-refractivity contribution in [2.24, 2.45) is 5.92 Å². The van der Waals surface area contributed by atoms with Crippen molar-refractivity contribution < 1.29 is 33.7 Å². The molecule has 53 heavy (non-hydrogen) atoms. The number of benzene rings is 3. The molecule has 0 radical (unpaired) electrons. The molecule has 10 heteroatoms. The van der Waals surface area contributed by atoms with Crippen LogP contribution in [0.1, 0.15) is 108 Å². The van der Waals surface area contributed by atoms with Crippen molar-refractivity contribution in [1.29, 1.82) is 0 Å². The number of carbonyl (C=O) groups excluding carboxylic acids is 3. The fraction of sp³-hybridized carbons (Fsp3) is 0.512. The van der Waals surface area contributed by atoms with Crippen LogP contribution in [0, 0.1) is 5.92 Å². The van der Waals surface area contributed by atoms with Crippen molar-refractivity contribution in [2.45, 2.75) is 116 Å². The minimum absolute atomic E-state index is 0.0111. The van der Waals surface area contributed by atoms with E-state index < -0.39 is 11.9 Å². The van der Waals surface area contributed by atoms with Gasteiger partial charge in [0.05, 0.1) is 18.8 Å². The summed E-state index contributed by atoms with van der Waals surface area (Å²) in [5.74, 6) is -0.226. The fourth-order valence-electron chi connectivity index (χ4n) is 7.15. The predicted molar refractivity (Wildman–Crippen MR) is 204 cm³/mol. The van der Waals surface area contributed by atoms with E-state index in [1.165, 1.54) is 6.92 Å². The minimum atomic E-state index is -0.636. The number of nitrogens with one attached hydrogen (secondary N) is 2. The Morgan fingerprint density at radius 3 is 2.32 bits per heavy atom. The van der Waals surface area contributed by atoms with Gasteiger partial charge in [-0.3, -0.25) is 19.3 Å². The summed E-state index contributed by atoms with van der Waals surface area (Å²) < 4.78 is 19.3. The number of amides is 2. The van der Waals surface area contributed by atoms with Gasteiger partial charge in [0.25, 0.3) is 0 Å². The van der Waals surface area contributed by atoms with E-state index in [2.05, 4.69) is 40.7 Å². The summed E-state index contributed by atoms with van der Waals surface area (Å²) in [6.07, 6.45) is 3.51. The molecule has 3 aromatic rings. The van der Waals surface area contributed by atoms with Gasteiger partial charge in [0.15, 0.2) is 6.29 Å². The largest absolute Gasteiger partial charge is 0.459 e. The quantitative estimate of drug-likeness (QED) is 0.116. The Labute approximate surface area is 314 Å². The van der Waals surface area contributed by atoms with Gasteiger partial charge < -0.3 is 30.0 Å². The zero-order valence-electron chi connectivity index (χ0n) is 31.9. The second-order valence-electron chi connectivity index (χ2n) is 15.4. The van der Waals surface area contributed by atoms with Crippen molar-refractivity contribution in [1.82, 2.24) is 15.5 Å². The number of esters is 1. The number of likely N-dealkylation sites (tertiary alicyclic amines) is 1. The number of nitrogens with zero attached hydrogens (tertiary/aromatic N) is 1. The van der Waals surface area contributed by atoms with Gasteiger partial charge in [-0.25, -0.2) is 0 Å². The van der Waals surface area contributed by atoms with Crippen LogP contribution >= 0.6 is 0 Å². The third-order valence-corrected chi connectivity index (χ3v) is 10.0. The van der Waals surface area contributed by atoms with E-state index in [0.29, 0.717) is 26.1 Å². The molecule has 2 saturated heterocycles. The van der Waals surface area contributed by atoms with Gasteiger partial charge in [-0.05, 0) is 80.8 Å². The maximum absolute atomic E-state index is 13.2. The molecule has 2 amide bonds. The first-order valence-corrected chi connectivity index (χ1v) is 19.1. The van der Waals surface area contributed by atoms with Crippen LogP contribution in [0.25, 0.3) is 11.1 Å². The average molecular weight is 728 g/mol. The molecule has 0 saturated carbocycles. The highest BCUT2D eigenvalue weighted by molar-refractivity contribution is 5.77. The second-order valence-corrected chi connectivity index (χ2v) is 15.4. The predicted octanol–water partition coefficient (Wildman–Crippen LogP) is 6.76. The molecule has 2 aliphatic rings. The molecule has 10 nitrogen and oxygen atoms in total. The van der Waals surface area contributed by atoms with Crippen LogP contribution in [0.2, 0.25) is 0 Å². The molecule has 0 aromatic heterocycles. The number of aliphatic hydroxyl groups excluding tert-OH is 1. The zero-order valence-corrected chi connectivity index (χ0v) is 31.9. The normalized spacial score (nSPS) is 22.0. The lowest BCUT2D eigenvalue weighted by Crippen LogP contribution is -2.48. The first kappa shape index (κ1) is 40.1. The lowest BCUT2D eigenvalue weighted by atomic mass is 9.89. The molecule has 0 unspecified atom stereocenters. The molecule has 0 aliphatic carbocycles. The third-order valence-electron chi connectivity index (χ3n) is 10.0. The Hall–Kier alpha value is -4.09. The first-order chi connectivity index (χ1) is 25.4. The molecular weight excluding hydrogens is 670 g/mol. The number of carbonyl (C=O) groups is 3. The Kier molecular flexibility index (Phi) is 14.2. The van der Waals surface area contributed by atoms with E-state index in [0.717, 1.165) is 72.0 Å². The van der Waals surface area contributed by atoms with Gasteiger partial charge in [0, 0.05) is 44.5 Å². The van der Waals surface area contributed by atoms with Crippen molar-refractivity contribution >= 4 is 17.8 Å². The van der Waals surface area contributed by atoms with Crippen LogP contribution in [-0.2, 0) is 41.7 Å². The maximum Gasteiger partial charge on any atom is 0.323 e. The lowest BCUT2D eigenvalue weighted by molar-refractivity contribution is -0.276. The van der Waals surface area contributed by atoms with Gasteiger partial charge in [-0.2, -0.15) is 0 Å². The SMILES string of the molecule is CC(=O)NCCCCCC(=O)NCc1ccccc1-c1ccc([C@@H]2O[C@H](CN3CCC[C@H]3C(=O)OC(C)(C)C)[C@H](C)[C@H](c3ccc(CO)cc3)O2)cc1. The van der Waals surface area contributed by atoms with Crippen LogP contribution in [0.4, 0.5) is 0 Å². The number of hydrogen-bond donors (Lipinski definition) is 3. The minimum Gasteiger partial charge on any atom is -0.459 e. The summed E-state index contributed by atoms with van der Waals surface area (Å²) in [6.45, 7) is 11.7. The van der Waals surface area contributed by atoms with Gasteiger partial charge in [-0.1, -0.05) is 86.1 Å². The van der Waals surface area contributed by atoms with Gasteiger partial charge in [0.2, 0.25) is 11.8 Å². The van der Waals surface area contributed by atoms with E-state index in [9.17, 15) is 19.5 Å². The van der Waals surface area contributed by atoms with E-state index >= 15 is 0 Å². The number of hydrogen-bond acceptors (Lipinski definition) is 8. The lowest BCUT2D eigenvalue weighted by Gasteiger charge is -2.43. The van der Waals surface area contributed by atoms with Crippen LogP contribution in [0.5, 0.6) is 0 Å². The Morgan fingerprint density at radius 2 is 1.62 bits per heavy atom. The molecule has 3 N–H and O–H groups in total. The molecule has 286 valence electrons. The van der Waals surface area contributed by atoms with Gasteiger partial charge >= 0.3 is 5.97 Å². The molecule has 2 heterocycles. The summed E-state index contributed by atoms with van der Waals surface area (Å²) in [6, 6.07) is 23.8. The summed E-state index contributed by atoms with van der Waals surface area (Å²) >= 11 is 0. The van der Waals surface area contributed by atoms with Crippen molar-refractivity contribution in [3.8, 4) is 11.1 Å². The fourth-order valence-corrected chi connectivity index (χ4v) is 7.15. The smallest absolute Gasteiger partial charge is 0.323 e. The molecule has 0 spiro atoms. The van der Waals surface area contributed by atoms with Gasteiger partial charge in [-0.15, -0.1) is 0 Å². The van der Waals surface area contributed by atoms with E-state index in [1.54, 1.807) is 0 Å². The van der Waals surface area contributed by atoms with Crippen LogP contribution in [0.15, 0.2) is 72.8 Å². The van der Waals surface area contributed by atoms with Crippen LogP contribution < -0.4 is 10.6 Å². The Balaban J connectivity index is 1.28. The summed E-state index contributed by atoms with van der Waals surface area (Å²) in [5, 5.41) is 15.5. The molecule has 5 atom stereocenters. The van der Waals surface area contributed by atoms with E-state index in [-0.39, 0.29) is 48.6 Å². The zero-order chi connectivity index (χ0) is 38.0. The number of unbranched alkanes of at least 4 members (excludes halogenated alkanes) is 2. The van der Waals surface area contributed by atoms with Gasteiger partial charge in [0.1, 0.15) is 11.6 Å². The second kappa shape index (κ2) is 18.8. The highest BCUT2D eigenvalue weighted by Gasteiger charge is 2.42. The highest BCUT2D eigenvalue weighted by atomic mass is 16.7. The van der Waals surface area contributed by atoms with E-state index in [4.69, 9.17) is 14.2 Å².